The average Bonchev–Trinajstić information content (AvgIpc) is 2.73. The van der Waals surface area contributed by atoms with E-state index in [1.165, 1.54) is 11.1 Å². The van der Waals surface area contributed by atoms with Crippen molar-refractivity contribution >= 4 is 11.4 Å². The predicted molar refractivity (Wildman–Crippen MR) is 100 cm³/mol. The van der Waals surface area contributed by atoms with Gasteiger partial charge in [0.2, 0.25) is 0 Å². The van der Waals surface area contributed by atoms with Crippen LogP contribution >= 0.6 is 0 Å². The van der Waals surface area contributed by atoms with E-state index in [1.54, 1.807) is 0 Å². The maximum Gasteiger partial charge on any atom is 0.0901 e. The lowest BCUT2D eigenvalue weighted by Crippen LogP contribution is -2.22. The summed E-state index contributed by atoms with van der Waals surface area (Å²) in [6, 6.07) is 0. The fraction of sp³-hybridized carbons (Fsp3) is 0.524. The second-order valence-electron chi connectivity index (χ2n) is 8.19. The number of aliphatic imine (C=N–C) groups is 2. The van der Waals surface area contributed by atoms with Crippen LogP contribution in [0.5, 0.6) is 0 Å². The van der Waals surface area contributed by atoms with Gasteiger partial charge in [-0.2, -0.15) is 0 Å². The SMILES string of the molecule is CC1(C)C=CC(C2=NCCCN=C2C2=CCC(C)(C)C=C2)=CC1. The second-order valence-corrected chi connectivity index (χ2v) is 8.19. The van der Waals surface area contributed by atoms with Gasteiger partial charge in [0, 0.05) is 13.1 Å². The van der Waals surface area contributed by atoms with Crippen LogP contribution in [0.2, 0.25) is 0 Å². The molecular formula is C21H28N2. The van der Waals surface area contributed by atoms with Crippen molar-refractivity contribution in [3.8, 4) is 0 Å². The third-order valence-electron chi connectivity index (χ3n) is 4.75. The van der Waals surface area contributed by atoms with Crippen LogP contribution in [0.4, 0.5) is 0 Å². The van der Waals surface area contributed by atoms with Gasteiger partial charge in [0.1, 0.15) is 0 Å². The summed E-state index contributed by atoms with van der Waals surface area (Å²) in [6.45, 7) is 10.8. The lowest BCUT2D eigenvalue weighted by atomic mass is 9.80. The third-order valence-corrected chi connectivity index (χ3v) is 4.75. The Balaban J connectivity index is 1.91. The Morgan fingerprint density at radius 2 is 1.17 bits per heavy atom. The van der Waals surface area contributed by atoms with Crippen molar-refractivity contribution in [3.05, 3.63) is 47.6 Å². The molecule has 2 aliphatic carbocycles. The molecule has 0 spiro atoms. The number of nitrogens with zero attached hydrogens (tertiary/aromatic N) is 2. The van der Waals surface area contributed by atoms with Gasteiger partial charge in [-0.3, -0.25) is 9.98 Å². The minimum Gasteiger partial charge on any atom is -0.282 e. The standard InChI is InChI=1S/C21H28N2/c1-20(2)10-6-16(7-11-20)18-19(23-15-5-14-22-18)17-8-12-21(3,4)13-9-17/h6-10,12H,5,11,13-15H2,1-4H3. The Morgan fingerprint density at radius 3 is 1.52 bits per heavy atom. The van der Waals surface area contributed by atoms with Crippen LogP contribution in [0.3, 0.4) is 0 Å². The minimum absolute atomic E-state index is 0.250. The molecule has 0 saturated carbocycles. The molecule has 0 saturated heterocycles. The zero-order valence-corrected chi connectivity index (χ0v) is 14.9. The summed E-state index contributed by atoms with van der Waals surface area (Å²) in [5, 5.41) is 0. The first-order valence-corrected chi connectivity index (χ1v) is 8.75. The molecule has 3 rings (SSSR count). The van der Waals surface area contributed by atoms with Gasteiger partial charge in [-0.15, -0.1) is 0 Å². The molecule has 0 aromatic carbocycles. The summed E-state index contributed by atoms with van der Waals surface area (Å²) >= 11 is 0. The van der Waals surface area contributed by atoms with Crippen LogP contribution in [0.25, 0.3) is 0 Å². The smallest absolute Gasteiger partial charge is 0.0901 e. The maximum atomic E-state index is 4.88. The molecule has 0 atom stereocenters. The van der Waals surface area contributed by atoms with Crippen LogP contribution in [-0.4, -0.2) is 24.5 Å². The minimum atomic E-state index is 0.250. The summed E-state index contributed by atoms with van der Waals surface area (Å²) < 4.78 is 0. The van der Waals surface area contributed by atoms with Gasteiger partial charge in [-0.05, 0) is 41.2 Å². The lowest BCUT2D eigenvalue weighted by Gasteiger charge is -2.25. The summed E-state index contributed by atoms with van der Waals surface area (Å²) in [5.74, 6) is 0. The van der Waals surface area contributed by atoms with Crippen molar-refractivity contribution < 1.29 is 0 Å². The van der Waals surface area contributed by atoms with E-state index < -0.39 is 0 Å². The highest BCUT2D eigenvalue weighted by Crippen LogP contribution is 2.32. The largest absolute Gasteiger partial charge is 0.282 e. The Bertz CT molecular complexity index is 606. The molecule has 3 aliphatic rings. The molecule has 0 fully saturated rings. The highest BCUT2D eigenvalue weighted by molar-refractivity contribution is 6.54. The summed E-state index contributed by atoms with van der Waals surface area (Å²) in [7, 11) is 0. The van der Waals surface area contributed by atoms with Gasteiger partial charge in [0.15, 0.2) is 0 Å². The van der Waals surface area contributed by atoms with Gasteiger partial charge in [-0.25, -0.2) is 0 Å². The molecule has 0 radical (unpaired) electrons. The van der Waals surface area contributed by atoms with E-state index in [1.807, 2.05) is 0 Å². The van der Waals surface area contributed by atoms with E-state index in [9.17, 15) is 0 Å². The van der Waals surface area contributed by atoms with Crippen LogP contribution in [0.15, 0.2) is 57.6 Å². The lowest BCUT2D eigenvalue weighted by molar-refractivity contribution is 0.483. The van der Waals surface area contributed by atoms with E-state index in [0.717, 1.165) is 43.8 Å². The van der Waals surface area contributed by atoms with Crippen LogP contribution in [0, 0.1) is 10.8 Å². The molecule has 1 aliphatic heterocycles. The normalized spacial score (nSPS) is 25.9. The second kappa shape index (κ2) is 6.07. The molecule has 1 heterocycles. The predicted octanol–water partition coefficient (Wildman–Crippen LogP) is 5.10. The van der Waals surface area contributed by atoms with E-state index in [4.69, 9.17) is 9.98 Å². The Morgan fingerprint density at radius 1 is 0.739 bits per heavy atom. The van der Waals surface area contributed by atoms with Gasteiger partial charge < -0.3 is 0 Å². The van der Waals surface area contributed by atoms with Crippen molar-refractivity contribution in [3.63, 3.8) is 0 Å². The number of hydrogen-bond acceptors (Lipinski definition) is 2. The van der Waals surface area contributed by atoms with Crippen LogP contribution < -0.4 is 0 Å². The molecule has 0 bridgehead atoms. The van der Waals surface area contributed by atoms with Gasteiger partial charge in [-0.1, -0.05) is 64.2 Å². The molecule has 122 valence electrons. The van der Waals surface area contributed by atoms with Crippen molar-refractivity contribution in [2.45, 2.75) is 47.0 Å². The molecule has 0 N–H and O–H groups in total. The van der Waals surface area contributed by atoms with Gasteiger partial charge >= 0.3 is 0 Å². The van der Waals surface area contributed by atoms with Crippen LogP contribution in [0.1, 0.15) is 47.0 Å². The summed E-state index contributed by atoms with van der Waals surface area (Å²) in [4.78, 5) is 9.76. The molecule has 0 aromatic heterocycles. The van der Waals surface area contributed by atoms with Crippen molar-refractivity contribution in [1.82, 2.24) is 0 Å². The summed E-state index contributed by atoms with van der Waals surface area (Å²) in [6.07, 6.45) is 16.9. The average molecular weight is 308 g/mol. The first-order chi connectivity index (χ1) is 10.9. The van der Waals surface area contributed by atoms with Gasteiger partial charge in [0.25, 0.3) is 0 Å². The van der Waals surface area contributed by atoms with Gasteiger partial charge in [0.05, 0.1) is 11.4 Å². The van der Waals surface area contributed by atoms with Crippen LogP contribution in [-0.2, 0) is 0 Å². The first-order valence-electron chi connectivity index (χ1n) is 8.75. The van der Waals surface area contributed by atoms with E-state index in [-0.39, 0.29) is 10.8 Å². The highest BCUT2D eigenvalue weighted by Gasteiger charge is 2.24. The molecule has 23 heavy (non-hydrogen) atoms. The maximum absolute atomic E-state index is 4.88. The number of hydrogen-bond donors (Lipinski definition) is 0. The van der Waals surface area contributed by atoms with Crippen molar-refractivity contribution in [2.75, 3.05) is 13.1 Å². The zero-order valence-electron chi connectivity index (χ0n) is 14.9. The van der Waals surface area contributed by atoms with E-state index in [2.05, 4.69) is 64.2 Å². The number of rotatable bonds is 2. The molecule has 2 nitrogen and oxygen atoms in total. The van der Waals surface area contributed by atoms with E-state index >= 15 is 0 Å². The molecule has 0 unspecified atom stereocenters. The molecule has 2 heteroatoms. The molecule has 0 aromatic rings. The molecular weight excluding hydrogens is 280 g/mol. The monoisotopic (exact) mass is 308 g/mol. The Labute approximate surface area is 140 Å². The fourth-order valence-corrected chi connectivity index (χ4v) is 3.06. The van der Waals surface area contributed by atoms with E-state index in [0.29, 0.717) is 0 Å². The first kappa shape index (κ1) is 16.2. The van der Waals surface area contributed by atoms with Crippen molar-refractivity contribution in [2.24, 2.45) is 20.8 Å². The quantitative estimate of drug-likeness (QED) is 0.678. The topological polar surface area (TPSA) is 24.7 Å². The molecule has 0 amide bonds. The Kier molecular flexibility index (Phi) is 4.27. The summed E-state index contributed by atoms with van der Waals surface area (Å²) in [5.41, 5.74) is 5.16. The fourth-order valence-electron chi connectivity index (χ4n) is 3.06. The third kappa shape index (κ3) is 3.80. The zero-order chi connectivity index (χ0) is 16.5. The number of allylic oxidation sites excluding steroid dienone is 8. The highest BCUT2D eigenvalue weighted by atomic mass is 14.8. The Hall–Kier alpha value is -1.70. The van der Waals surface area contributed by atoms with Crippen molar-refractivity contribution in [1.29, 1.82) is 0 Å².